The van der Waals surface area contributed by atoms with Gasteiger partial charge in [0.25, 0.3) is 0 Å². The lowest BCUT2D eigenvalue weighted by Gasteiger charge is -2.05. The van der Waals surface area contributed by atoms with E-state index in [1.165, 1.54) is 25.2 Å². The lowest BCUT2D eigenvalue weighted by molar-refractivity contribution is 1.24. The van der Waals surface area contributed by atoms with Gasteiger partial charge in [0.05, 0.1) is 15.9 Å². The average Bonchev–Trinajstić information content (AvgIpc) is 3.19. The van der Waals surface area contributed by atoms with Crippen LogP contribution in [0.15, 0.2) is 48.5 Å². The Morgan fingerprint density at radius 1 is 0.926 bits per heavy atom. The summed E-state index contributed by atoms with van der Waals surface area (Å²) in [6.07, 6.45) is 4.27. The number of fused-ring (bicyclic) bond motifs is 4. The summed E-state index contributed by atoms with van der Waals surface area (Å²) >= 11 is 9.88. The molecule has 0 fully saturated rings. The molecule has 0 aliphatic carbocycles. The van der Waals surface area contributed by atoms with Crippen molar-refractivity contribution in [1.29, 1.82) is 0 Å². The van der Waals surface area contributed by atoms with Crippen molar-refractivity contribution in [2.75, 3.05) is 0 Å². The fraction of sp³-hybridized carbons (Fsp3) is 0.0909. The SMILES string of the molecule is C/C=C\c1c(C)sc2c(-c3nc(Cl)nc4c3sc3ccccc34)cccc12. The van der Waals surface area contributed by atoms with Crippen molar-refractivity contribution in [3.8, 4) is 11.3 Å². The second-order valence-corrected chi connectivity index (χ2v) is 8.99. The highest BCUT2D eigenvalue weighted by atomic mass is 35.5. The van der Waals surface area contributed by atoms with E-state index < -0.39 is 0 Å². The summed E-state index contributed by atoms with van der Waals surface area (Å²) in [5.74, 6) is 0. The summed E-state index contributed by atoms with van der Waals surface area (Å²) in [5, 5.41) is 2.68. The lowest BCUT2D eigenvalue weighted by atomic mass is 10.0. The van der Waals surface area contributed by atoms with Gasteiger partial charge in [-0.15, -0.1) is 22.7 Å². The second kappa shape index (κ2) is 6.41. The summed E-state index contributed by atoms with van der Waals surface area (Å²) in [6, 6.07) is 14.7. The van der Waals surface area contributed by atoms with Crippen LogP contribution in [0.4, 0.5) is 0 Å². The van der Waals surface area contributed by atoms with Crippen molar-refractivity contribution < 1.29 is 0 Å². The van der Waals surface area contributed by atoms with Crippen LogP contribution in [0.2, 0.25) is 5.28 Å². The van der Waals surface area contributed by atoms with Crippen molar-refractivity contribution in [3.63, 3.8) is 0 Å². The highest BCUT2D eigenvalue weighted by Crippen LogP contribution is 2.43. The molecule has 5 heteroatoms. The number of aryl methyl sites for hydroxylation is 1. The van der Waals surface area contributed by atoms with Crippen molar-refractivity contribution >= 4 is 70.7 Å². The van der Waals surface area contributed by atoms with Gasteiger partial charge in [-0.05, 0) is 37.1 Å². The van der Waals surface area contributed by atoms with E-state index in [1.807, 2.05) is 17.4 Å². The van der Waals surface area contributed by atoms with Gasteiger partial charge in [0.15, 0.2) is 0 Å². The van der Waals surface area contributed by atoms with Gasteiger partial charge in [0.1, 0.15) is 0 Å². The van der Waals surface area contributed by atoms with Crippen molar-refractivity contribution in [3.05, 3.63) is 64.3 Å². The molecule has 2 aromatic carbocycles. The fourth-order valence-electron chi connectivity index (χ4n) is 3.56. The summed E-state index contributed by atoms with van der Waals surface area (Å²) in [6.45, 7) is 4.23. The maximum absolute atomic E-state index is 6.34. The Hall–Kier alpha value is -2.27. The molecule has 0 spiro atoms. The van der Waals surface area contributed by atoms with Gasteiger partial charge in [0, 0.05) is 30.6 Å². The number of hydrogen-bond acceptors (Lipinski definition) is 4. The normalized spacial score (nSPS) is 12.1. The molecule has 3 heterocycles. The molecule has 0 saturated heterocycles. The fourth-order valence-corrected chi connectivity index (χ4v) is 6.03. The van der Waals surface area contributed by atoms with Gasteiger partial charge in [-0.3, -0.25) is 0 Å². The zero-order valence-electron chi connectivity index (χ0n) is 14.8. The molecule has 27 heavy (non-hydrogen) atoms. The van der Waals surface area contributed by atoms with Gasteiger partial charge in [-0.1, -0.05) is 48.6 Å². The molecular formula is C22H15ClN2S2. The molecular weight excluding hydrogens is 392 g/mol. The summed E-state index contributed by atoms with van der Waals surface area (Å²) in [5.41, 5.74) is 4.26. The maximum atomic E-state index is 6.34. The summed E-state index contributed by atoms with van der Waals surface area (Å²) in [7, 11) is 0. The predicted molar refractivity (Wildman–Crippen MR) is 120 cm³/mol. The standard InChI is InChI=1S/C22H15ClN2S2/c1-3-7-13-12(2)26-20-14(13)9-6-10-16(20)19-21-18(24-22(23)25-19)15-8-4-5-11-17(15)27-21/h3-11H,1-2H3/b7-3-. The number of thiophene rings is 2. The lowest BCUT2D eigenvalue weighted by Crippen LogP contribution is -1.89. The molecule has 0 saturated carbocycles. The zero-order chi connectivity index (χ0) is 18.5. The Morgan fingerprint density at radius 2 is 1.74 bits per heavy atom. The van der Waals surface area contributed by atoms with Gasteiger partial charge in [-0.25, -0.2) is 9.97 Å². The number of rotatable bonds is 2. The molecule has 5 aromatic rings. The molecule has 0 unspecified atom stereocenters. The molecule has 0 N–H and O–H groups in total. The summed E-state index contributed by atoms with van der Waals surface area (Å²) in [4.78, 5) is 10.5. The molecule has 0 bridgehead atoms. The van der Waals surface area contributed by atoms with Crippen molar-refractivity contribution in [2.24, 2.45) is 0 Å². The minimum Gasteiger partial charge on any atom is -0.216 e. The van der Waals surface area contributed by atoms with Gasteiger partial charge in [-0.2, -0.15) is 0 Å². The number of hydrogen-bond donors (Lipinski definition) is 0. The van der Waals surface area contributed by atoms with Crippen LogP contribution in [0.1, 0.15) is 17.4 Å². The molecule has 0 atom stereocenters. The van der Waals surface area contributed by atoms with E-state index in [0.717, 1.165) is 26.9 Å². The summed E-state index contributed by atoms with van der Waals surface area (Å²) < 4.78 is 3.54. The Morgan fingerprint density at radius 3 is 2.59 bits per heavy atom. The molecule has 2 nitrogen and oxygen atoms in total. The molecule has 5 rings (SSSR count). The van der Waals surface area contributed by atoms with Crippen molar-refractivity contribution in [1.82, 2.24) is 9.97 Å². The second-order valence-electron chi connectivity index (χ2n) is 6.37. The van der Waals surface area contributed by atoms with Gasteiger partial charge < -0.3 is 0 Å². The molecule has 0 amide bonds. The Bertz CT molecular complexity index is 1360. The van der Waals surface area contributed by atoms with E-state index in [4.69, 9.17) is 11.6 Å². The van der Waals surface area contributed by atoms with Crippen LogP contribution < -0.4 is 0 Å². The first-order valence-electron chi connectivity index (χ1n) is 8.67. The first-order chi connectivity index (χ1) is 13.2. The Kier molecular flexibility index (Phi) is 4.01. The predicted octanol–water partition coefficient (Wildman–Crippen LogP) is 7.72. The van der Waals surface area contributed by atoms with Crippen LogP contribution in [0, 0.1) is 6.92 Å². The van der Waals surface area contributed by atoms with E-state index in [1.54, 1.807) is 11.3 Å². The van der Waals surface area contributed by atoms with Gasteiger partial charge in [0.2, 0.25) is 5.28 Å². The third-order valence-corrected chi connectivity index (χ3v) is 7.23. The van der Waals surface area contributed by atoms with Crippen LogP contribution in [-0.2, 0) is 0 Å². The van der Waals surface area contributed by atoms with Crippen LogP contribution in [0.25, 0.3) is 47.7 Å². The van der Waals surface area contributed by atoms with E-state index in [0.29, 0.717) is 5.28 Å². The third kappa shape index (κ3) is 2.59. The monoisotopic (exact) mass is 406 g/mol. The number of aromatic nitrogens is 2. The van der Waals surface area contributed by atoms with Crippen LogP contribution in [0.5, 0.6) is 0 Å². The number of benzene rings is 2. The number of nitrogens with zero attached hydrogens (tertiary/aromatic N) is 2. The number of allylic oxidation sites excluding steroid dienone is 1. The molecule has 0 aliphatic rings. The van der Waals surface area contributed by atoms with E-state index in [2.05, 4.69) is 72.4 Å². The molecule has 0 aliphatic heterocycles. The smallest absolute Gasteiger partial charge is 0.216 e. The largest absolute Gasteiger partial charge is 0.223 e. The van der Waals surface area contributed by atoms with E-state index in [9.17, 15) is 0 Å². The maximum Gasteiger partial charge on any atom is 0.223 e. The molecule has 0 radical (unpaired) electrons. The minimum atomic E-state index is 0.292. The zero-order valence-corrected chi connectivity index (χ0v) is 17.2. The number of halogens is 1. The molecule has 132 valence electrons. The Balaban J connectivity index is 1.90. The minimum absolute atomic E-state index is 0.292. The van der Waals surface area contributed by atoms with Crippen molar-refractivity contribution in [2.45, 2.75) is 13.8 Å². The Labute approximate surface area is 169 Å². The molecule has 3 aromatic heterocycles. The first kappa shape index (κ1) is 16.9. The third-order valence-electron chi connectivity index (χ3n) is 4.72. The van der Waals surface area contributed by atoms with Crippen LogP contribution in [-0.4, -0.2) is 9.97 Å². The topological polar surface area (TPSA) is 25.8 Å². The van der Waals surface area contributed by atoms with Crippen LogP contribution >= 0.6 is 34.3 Å². The van der Waals surface area contributed by atoms with E-state index in [-0.39, 0.29) is 0 Å². The van der Waals surface area contributed by atoms with E-state index >= 15 is 0 Å². The highest BCUT2D eigenvalue weighted by Gasteiger charge is 2.18. The highest BCUT2D eigenvalue weighted by molar-refractivity contribution is 7.26. The first-order valence-corrected chi connectivity index (χ1v) is 10.7. The quantitative estimate of drug-likeness (QED) is 0.280. The average molecular weight is 407 g/mol. The van der Waals surface area contributed by atoms with Crippen LogP contribution in [0.3, 0.4) is 0 Å². The van der Waals surface area contributed by atoms with Gasteiger partial charge >= 0.3 is 0 Å².